The highest BCUT2D eigenvalue weighted by atomic mass is 15.1. The van der Waals surface area contributed by atoms with E-state index in [0.29, 0.717) is 0 Å². The molecule has 0 bridgehead atoms. The van der Waals surface area contributed by atoms with E-state index in [2.05, 4.69) is 291 Å². The Kier molecular flexibility index (Phi) is 11.0. The fourth-order valence-electron chi connectivity index (χ4n) is 12.2. The largest absolute Gasteiger partial charge is 0.310 e. The van der Waals surface area contributed by atoms with Crippen molar-refractivity contribution in [3.05, 3.63) is 300 Å². The van der Waals surface area contributed by atoms with Gasteiger partial charge in [0.05, 0.1) is 11.1 Å². The zero-order valence-electron chi connectivity index (χ0n) is 41.2. The second kappa shape index (κ2) is 18.3. The highest BCUT2D eigenvalue weighted by Crippen LogP contribution is 2.66. The van der Waals surface area contributed by atoms with Gasteiger partial charge >= 0.3 is 0 Å². The van der Waals surface area contributed by atoms with Crippen LogP contribution in [0.5, 0.6) is 0 Å². The van der Waals surface area contributed by atoms with Crippen LogP contribution in [0.1, 0.15) is 53.1 Å². The van der Waals surface area contributed by atoms with Crippen LogP contribution in [-0.2, 0) is 5.41 Å². The summed E-state index contributed by atoms with van der Waals surface area (Å²) < 4.78 is 0. The van der Waals surface area contributed by atoms with E-state index in [0.717, 1.165) is 47.0 Å². The topological polar surface area (TPSA) is 6.48 Å². The van der Waals surface area contributed by atoms with E-state index >= 15 is 0 Å². The molecule has 0 saturated heterocycles. The van der Waals surface area contributed by atoms with Crippen LogP contribution in [0, 0.1) is 6.92 Å². The summed E-state index contributed by atoms with van der Waals surface area (Å²) in [4.78, 5) is 4.92. The number of aryl methyl sites for hydroxylation is 1. The average Bonchev–Trinajstić information content (AvgIpc) is 3.92. The number of benzene rings is 11. The third kappa shape index (κ3) is 7.32. The van der Waals surface area contributed by atoms with Crippen LogP contribution in [0.2, 0.25) is 0 Å². The third-order valence-corrected chi connectivity index (χ3v) is 15.4. The van der Waals surface area contributed by atoms with Gasteiger partial charge < -0.3 is 9.80 Å². The van der Waals surface area contributed by atoms with Gasteiger partial charge in [-0.15, -0.1) is 0 Å². The Balaban J connectivity index is 1.08. The van der Waals surface area contributed by atoms with Crippen molar-refractivity contribution in [2.75, 3.05) is 9.80 Å². The van der Waals surface area contributed by atoms with Gasteiger partial charge in [0.1, 0.15) is 0 Å². The van der Waals surface area contributed by atoms with Gasteiger partial charge in [0.15, 0.2) is 0 Å². The zero-order valence-corrected chi connectivity index (χ0v) is 41.2. The van der Waals surface area contributed by atoms with Gasteiger partial charge in [0.2, 0.25) is 0 Å². The third-order valence-electron chi connectivity index (χ3n) is 15.4. The fourth-order valence-corrected chi connectivity index (χ4v) is 12.2. The molecule has 0 fully saturated rings. The second-order valence-corrected chi connectivity index (χ2v) is 19.5. The first-order valence-corrected chi connectivity index (χ1v) is 25.7. The molecule has 2 heteroatoms. The van der Waals surface area contributed by atoms with Crippen LogP contribution >= 0.6 is 0 Å². The molecule has 0 radical (unpaired) electrons. The van der Waals surface area contributed by atoms with E-state index in [1.54, 1.807) is 0 Å². The molecule has 13 rings (SSSR count). The molecule has 73 heavy (non-hydrogen) atoms. The maximum atomic E-state index is 2.55. The van der Waals surface area contributed by atoms with Gasteiger partial charge in [-0.05, 0) is 163 Å². The summed E-state index contributed by atoms with van der Waals surface area (Å²) in [7, 11) is 0. The maximum Gasteiger partial charge on any atom is 0.0729 e. The Morgan fingerprint density at radius 3 is 1.45 bits per heavy atom. The monoisotopic (exact) mass is 934 g/mol. The van der Waals surface area contributed by atoms with Crippen LogP contribution in [0.25, 0.3) is 55.3 Å². The number of hydrogen-bond donors (Lipinski definition) is 0. The van der Waals surface area contributed by atoms with E-state index < -0.39 is 5.41 Å². The Hall–Kier alpha value is -8.98. The summed E-state index contributed by atoms with van der Waals surface area (Å²) >= 11 is 0. The van der Waals surface area contributed by atoms with E-state index in [4.69, 9.17) is 0 Å². The minimum absolute atomic E-state index is 0.648. The molecule has 0 N–H and O–H groups in total. The molecule has 1 spiro atoms. The average molecular weight is 935 g/mol. The van der Waals surface area contributed by atoms with Crippen LogP contribution in [0.3, 0.4) is 0 Å². The predicted octanol–water partition coefficient (Wildman–Crippen LogP) is 19.5. The molecule has 0 amide bonds. The summed E-state index contributed by atoms with van der Waals surface area (Å²) in [5.74, 6) is 0. The van der Waals surface area contributed by atoms with E-state index in [1.165, 1.54) is 88.7 Å². The first-order chi connectivity index (χ1) is 36.1. The summed E-state index contributed by atoms with van der Waals surface area (Å²) in [5, 5.41) is 2.43. The summed E-state index contributed by atoms with van der Waals surface area (Å²) in [6.07, 6.45) is 1.97. The Morgan fingerprint density at radius 2 is 0.808 bits per heavy atom. The predicted molar refractivity (Wildman–Crippen MR) is 309 cm³/mol. The molecular weight excluding hydrogens is 881 g/mol. The van der Waals surface area contributed by atoms with E-state index in [1.807, 2.05) is 0 Å². The van der Waals surface area contributed by atoms with Gasteiger partial charge in [-0.2, -0.15) is 0 Å². The zero-order chi connectivity index (χ0) is 48.9. The minimum Gasteiger partial charge on any atom is -0.310 e. The highest BCUT2D eigenvalue weighted by molar-refractivity contribution is 6.11. The summed E-state index contributed by atoms with van der Waals surface area (Å²) in [6, 6.07) is 98.9. The lowest BCUT2D eigenvalue weighted by Crippen LogP contribution is -2.28. The molecule has 0 aliphatic heterocycles. The van der Waals surface area contributed by atoms with Crippen molar-refractivity contribution in [3.8, 4) is 33.4 Å². The van der Waals surface area contributed by atoms with Gasteiger partial charge in [0.25, 0.3) is 0 Å². The SMILES string of the molecule is CCCC1=C(c2ccccc2C)C2(c3cc(N(c4ccccc4)c4cccc5ccccc45)ccc31)c1ccccc1-c1ccc(N(c3ccc(-c4ccccc4)cc3)c3ccc(-c4ccccc4)cc3)cc12. The highest BCUT2D eigenvalue weighted by Gasteiger charge is 2.54. The van der Waals surface area contributed by atoms with Crippen molar-refractivity contribution in [2.45, 2.75) is 32.1 Å². The van der Waals surface area contributed by atoms with Gasteiger partial charge in [-0.1, -0.05) is 214 Å². The summed E-state index contributed by atoms with van der Waals surface area (Å²) in [5.41, 5.74) is 24.1. The number of fused-ring (bicyclic) bond motifs is 8. The fraction of sp³-hybridized carbons (Fsp3) is 0.0704. The molecule has 2 aliphatic rings. The molecule has 1 unspecified atom stereocenters. The second-order valence-electron chi connectivity index (χ2n) is 19.5. The molecule has 348 valence electrons. The lowest BCUT2D eigenvalue weighted by molar-refractivity contribution is 0.839. The van der Waals surface area contributed by atoms with E-state index in [9.17, 15) is 0 Å². The van der Waals surface area contributed by atoms with Crippen molar-refractivity contribution >= 4 is 56.0 Å². The Bertz CT molecular complexity index is 3770. The number of hydrogen-bond acceptors (Lipinski definition) is 2. The van der Waals surface area contributed by atoms with Gasteiger partial charge in [0, 0.05) is 33.8 Å². The standard InChI is InChI=1S/C71H54N2/c1-3-20-65-64-46-44-59(73(55-28-11-6-12-29-55)69-34-19-27-54-26-14-16-31-61(54)69)48-68(64)71(70(65)60-30-15-13-21-49(60)2)66-33-18-17-32-62(66)63-45-43-58(47-67(63)71)72(56-39-35-52(36-40-56)50-22-7-4-8-23-50)57-41-37-53(38-42-57)51-24-9-5-10-25-51/h4-19,21-48H,3,20H2,1-2H3. The number of para-hydroxylation sites is 1. The van der Waals surface area contributed by atoms with Gasteiger partial charge in [-0.25, -0.2) is 0 Å². The first-order valence-electron chi connectivity index (χ1n) is 25.7. The molecule has 0 aromatic heterocycles. The molecule has 2 nitrogen and oxygen atoms in total. The van der Waals surface area contributed by atoms with Gasteiger partial charge in [-0.3, -0.25) is 0 Å². The number of nitrogens with zero attached hydrogens (tertiary/aromatic N) is 2. The molecule has 0 heterocycles. The van der Waals surface area contributed by atoms with Crippen LogP contribution in [-0.4, -0.2) is 0 Å². The maximum absolute atomic E-state index is 2.55. The Labute approximate surface area is 429 Å². The van der Waals surface area contributed by atoms with Crippen molar-refractivity contribution in [2.24, 2.45) is 0 Å². The van der Waals surface area contributed by atoms with Crippen molar-refractivity contribution in [1.29, 1.82) is 0 Å². The van der Waals surface area contributed by atoms with Crippen LogP contribution in [0.4, 0.5) is 34.1 Å². The molecular formula is C71H54N2. The van der Waals surface area contributed by atoms with Crippen molar-refractivity contribution in [1.82, 2.24) is 0 Å². The molecule has 0 saturated carbocycles. The Morgan fingerprint density at radius 1 is 0.342 bits per heavy atom. The molecule has 2 aliphatic carbocycles. The quantitative estimate of drug-likeness (QED) is 0.128. The molecule has 11 aromatic carbocycles. The van der Waals surface area contributed by atoms with E-state index in [-0.39, 0.29) is 0 Å². The number of rotatable bonds is 11. The minimum atomic E-state index is -0.648. The number of allylic oxidation sites excluding steroid dienone is 2. The normalized spacial score (nSPS) is 14.3. The number of anilines is 6. The van der Waals surface area contributed by atoms with Crippen LogP contribution in [0.15, 0.2) is 267 Å². The molecule has 1 atom stereocenters. The van der Waals surface area contributed by atoms with Crippen molar-refractivity contribution < 1.29 is 0 Å². The molecule has 11 aromatic rings. The lowest BCUT2D eigenvalue weighted by atomic mass is 9.67. The van der Waals surface area contributed by atoms with Crippen LogP contribution < -0.4 is 9.80 Å². The smallest absolute Gasteiger partial charge is 0.0729 e. The van der Waals surface area contributed by atoms with Crippen molar-refractivity contribution in [3.63, 3.8) is 0 Å². The summed E-state index contributed by atoms with van der Waals surface area (Å²) in [6.45, 7) is 4.63. The first kappa shape index (κ1) is 44.0. The lowest BCUT2D eigenvalue weighted by Gasteiger charge is -2.36.